The van der Waals surface area contributed by atoms with Crippen LogP contribution in [0.5, 0.6) is 0 Å². The molecule has 0 spiro atoms. The molecular formula is C25H22FN7O. The SMILES string of the molecule is CN1C(=O)/C(=C(/NCc2ccc(-c3cccc(F)n3)cc2)Nc2ccccc2)Cn2cnnc21. The second kappa shape index (κ2) is 9.14. The molecular weight excluding hydrogens is 433 g/mol. The number of anilines is 2. The highest BCUT2D eigenvalue weighted by atomic mass is 19.1. The van der Waals surface area contributed by atoms with Crippen molar-refractivity contribution >= 4 is 17.5 Å². The Kier molecular flexibility index (Phi) is 5.73. The van der Waals surface area contributed by atoms with E-state index in [-0.39, 0.29) is 5.91 Å². The van der Waals surface area contributed by atoms with Crippen LogP contribution in [-0.2, 0) is 17.9 Å². The molecule has 5 rings (SSSR count). The molecule has 0 aliphatic carbocycles. The predicted molar refractivity (Wildman–Crippen MR) is 127 cm³/mol. The zero-order valence-electron chi connectivity index (χ0n) is 18.4. The van der Waals surface area contributed by atoms with Crippen molar-refractivity contribution in [2.75, 3.05) is 17.3 Å². The molecule has 9 heteroatoms. The second-order valence-corrected chi connectivity index (χ2v) is 7.86. The molecule has 0 saturated carbocycles. The summed E-state index contributed by atoms with van der Waals surface area (Å²) >= 11 is 0. The summed E-state index contributed by atoms with van der Waals surface area (Å²) in [5, 5.41) is 14.7. The summed E-state index contributed by atoms with van der Waals surface area (Å²) in [5.41, 5.74) is 3.83. The summed E-state index contributed by atoms with van der Waals surface area (Å²) in [6, 6.07) is 22.1. The molecule has 170 valence electrons. The Morgan fingerprint density at radius 3 is 2.59 bits per heavy atom. The highest BCUT2D eigenvalue weighted by molar-refractivity contribution is 6.06. The number of aromatic nitrogens is 4. The molecule has 4 aromatic rings. The van der Waals surface area contributed by atoms with E-state index in [0.717, 1.165) is 16.8 Å². The summed E-state index contributed by atoms with van der Waals surface area (Å²) in [7, 11) is 1.68. The van der Waals surface area contributed by atoms with Crippen molar-refractivity contribution < 1.29 is 9.18 Å². The largest absolute Gasteiger partial charge is 0.367 e. The Balaban J connectivity index is 1.40. The zero-order valence-corrected chi connectivity index (χ0v) is 18.4. The van der Waals surface area contributed by atoms with E-state index >= 15 is 0 Å². The van der Waals surface area contributed by atoms with Gasteiger partial charge in [0.1, 0.15) is 12.1 Å². The van der Waals surface area contributed by atoms with Gasteiger partial charge in [0.2, 0.25) is 11.9 Å². The number of benzene rings is 2. The van der Waals surface area contributed by atoms with Crippen LogP contribution >= 0.6 is 0 Å². The first-order valence-corrected chi connectivity index (χ1v) is 10.8. The van der Waals surface area contributed by atoms with Crippen molar-refractivity contribution in [3.05, 3.63) is 102 Å². The number of hydrogen-bond donors (Lipinski definition) is 2. The van der Waals surface area contributed by atoms with Gasteiger partial charge in [0, 0.05) is 24.8 Å². The van der Waals surface area contributed by atoms with Gasteiger partial charge in [0.25, 0.3) is 5.91 Å². The molecule has 2 N–H and O–H groups in total. The number of halogens is 1. The summed E-state index contributed by atoms with van der Waals surface area (Å²) in [6.07, 6.45) is 1.61. The number of fused-ring (bicyclic) bond motifs is 1. The van der Waals surface area contributed by atoms with Gasteiger partial charge in [-0.1, -0.05) is 48.5 Å². The van der Waals surface area contributed by atoms with Gasteiger partial charge in [-0.15, -0.1) is 10.2 Å². The fourth-order valence-electron chi connectivity index (χ4n) is 3.78. The van der Waals surface area contributed by atoms with E-state index in [1.165, 1.54) is 11.0 Å². The van der Waals surface area contributed by atoms with Gasteiger partial charge in [0.05, 0.1) is 17.8 Å². The Bertz CT molecular complexity index is 1350. The van der Waals surface area contributed by atoms with Gasteiger partial charge in [-0.05, 0) is 29.8 Å². The Morgan fingerprint density at radius 1 is 1.03 bits per heavy atom. The molecule has 1 aliphatic heterocycles. The topological polar surface area (TPSA) is 88.0 Å². The van der Waals surface area contributed by atoms with Crippen LogP contribution in [0, 0.1) is 5.95 Å². The molecule has 0 radical (unpaired) electrons. The quantitative estimate of drug-likeness (QED) is 0.341. The van der Waals surface area contributed by atoms with E-state index in [1.807, 2.05) is 59.2 Å². The van der Waals surface area contributed by atoms with Crippen LogP contribution in [0.15, 0.2) is 90.5 Å². The Morgan fingerprint density at radius 2 is 1.82 bits per heavy atom. The zero-order chi connectivity index (χ0) is 23.5. The number of para-hydroxylation sites is 1. The number of carbonyl (C=O) groups excluding carboxylic acids is 1. The van der Waals surface area contributed by atoms with Crippen molar-refractivity contribution in [3.8, 4) is 11.3 Å². The monoisotopic (exact) mass is 455 g/mol. The molecule has 2 aromatic heterocycles. The van der Waals surface area contributed by atoms with E-state index in [1.54, 1.807) is 25.5 Å². The average molecular weight is 455 g/mol. The van der Waals surface area contributed by atoms with E-state index in [0.29, 0.717) is 36.1 Å². The number of likely N-dealkylation sites (N-methyl/N-ethyl adjacent to an activating group) is 1. The molecule has 2 aromatic carbocycles. The summed E-state index contributed by atoms with van der Waals surface area (Å²) in [6.45, 7) is 0.819. The Labute approximate surface area is 195 Å². The summed E-state index contributed by atoms with van der Waals surface area (Å²) < 4.78 is 15.3. The predicted octanol–water partition coefficient (Wildman–Crippen LogP) is 3.57. The summed E-state index contributed by atoms with van der Waals surface area (Å²) in [4.78, 5) is 18.5. The summed E-state index contributed by atoms with van der Waals surface area (Å²) in [5.74, 6) is 0.455. The lowest BCUT2D eigenvalue weighted by atomic mass is 10.1. The minimum absolute atomic E-state index is 0.154. The molecule has 0 unspecified atom stereocenters. The number of nitrogens with one attached hydrogen (secondary N) is 2. The maximum Gasteiger partial charge on any atom is 0.261 e. The van der Waals surface area contributed by atoms with Crippen LogP contribution in [0.3, 0.4) is 0 Å². The van der Waals surface area contributed by atoms with E-state index < -0.39 is 5.95 Å². The normalized spacial score (nSPS) is 14.5. The molecule has 1 amide bonds. The number of nitrogens with zero attached hydrogens (tertiary/aromatic N) is 5. The third kappa shape index (κ3) is 4.36. The van der Waals surface area contributed by atoms with Crippen molar-refractivity contribution in [2.24, 2.45) is 0 Å². The van der Waals surface area contributed by atoms with E-state index in [4.69, 9.17) is 0 Å². The first-order chi connectivity index (χ1) is 16.6. The minimum Gasteiger partial charge on any atom is -0.367 e. The van der Waals surface area contributed by atoms with Crippen LogP contribution in [-0.4, -0.2) is 32.7 Å². The highest BCUT2D eigenvalue weighted by Crippen LogP contribution is 2.23. The second-order valence-electron chi connectivity index (χ2n) is 7.86. The van der Waals surface area contributed by atoms with Crippen LogP contribution < -0.4 is 15.5 Å². The average Bonchev–Trinajstić information content (AvgIpc) is 3.34. The fraction of sp³-hybridized carbons (Fsp3) is 0.120. The lowest BCUT2D eigenvalue weighted by Crippen LogP contribution is -2.39. The van der Waals surface area contributed by atoms with Crippen LogP contribution in [0.25, 0.3) is 11.3 Å². The minimum atomic E-state index is -0.509. The first kappa shape index (κ1) is 21.3. The third-order valence-electron chi connectivity index (χ3n) is 5.57. The third-order valence-corrected chi connectivity index (χ3v) is 5.57. The first-order valence-electron chi connectivity index (χ1n) is 10.8. The lowest BCUT2D eigenvalue weighted by molar-refractivity contribution is -0.115. The molecule has 0 atom stereocenters. The van der Waals surface area contributed by atoms with E-state index in [9.17, 15) is 9.18 Å². The maximum atomic E-state index is 13.5. The number of rotatable bonds is 6. The molecule has 0 fully saturated rings. The van der Waals surface area contributed by atoms with Crippen molar-refractivity contribution in [2.45, 2.75) is 13.1 Å². The van der Waals surface area contributed by atoms with Crippen LogP contribution in [0.4, 0.5) is 16.0 Å². The number of pyridine rings is 1. The molecule has 1 aliphatic rings. The van der Waals surface area contributed by atoms with Gasteiger partial charge < -0.3 is 10.6 Å². The maximum absolute atomic E-state index is 13.5. The number of hydrogen-bond acceptors (Lipinski definition) is 6. The smallest absolute Gasteiger partial charge is 0.261 e. The number of amides is 1. The fourth-order valence-corrected chi connectivity index (χ4v) is 3.78. The molecule has 34 heavy (non-hydrogen) atoms. The van der Waals surface area contributed by atoms with Gasteiger partial charge in [0.15, 0.2) is 0 Å². The van der Waals surface area contributed by atoms with Gasteiger partial charge in [-0.3, -0.25) is 14.3 Å². The van der Waals surface area contributed by atoms with Gasteiger partial charge in [-0.2, -0.15) is 4.39 Å². The molecule has 0 bridgehead atoms. The highest BCUT2D eigenvalue weighted by Gasteiger charge is 2.30. The van der Waals surface area contributed by atoms with Crippen molar-refractivity contribution in [1.29, 1.82) is 0 Å². The number of carbonyl (C=O) groups is 1. The standard InChI is InChI=1S/C25H22FN7O/c1-32-24(34)20(15-33-16-28-31-25(32)33)23(29-19-6-3-2-4-7-19)27-14-17-10-12-18(13-11-17)21-8-5-9-22(26)30-21/h2-13,16,27,29H,14-15H2,1H3/b23-20-. The van der Waals surface area contributed by atoms with Crippen LogP contribution in [0.1, 0.15) is 5.56 Å². The van der Waals surface area contributed by atoms with E-state index in [2.05, 4.69) is 25.8 Å². The van der Waals surface area contributed by atoms with Crippen LogP contribution in [0.2, 0.25) is 0 Å². The van der Waals surface area contributed by atoms with Gasteiger partial charge >= 0.3 is 0 Å². The molecule has 3 heterocycles. The van der Waals surface area contributed by atoms with Crippen molar-refractivity contribution in [3.63, 3.8) is 0 Å². The van der Waals surface area contributed by atoms with Gasteiger partial charge in [-0.25, -0.2) is 4.98 Å². The Hall–Kier alpha value is -4.53. The molecule has 8 nitrogen and oxygen atoms in total. The molecule has 0 saturated heterocycles. The van der Waals surface area contributed by atoms with Crippen molar-refractivity contribution in [1.82, 2.24) is 25.1 Å². The lowest BCUT2D eigenvalue weighted by Gasteiger charge is -2.27.